The third kappa shape index (κ3) is 2.97. The van der Waals surface area contributed by atoms with E-state index >= 15 is 0 Å². The maximum absolute atomic E-state index is 8.87. The van der Waals surface area contributed by atoms with E-state index in [2.05, 4.69) is 27.0 Å². The molecule has 0 N–H and O–H groups in total. The lowest BCUT2D eigenvalue weighted by Crippen LogP contribution is -1.91. The predicted molar refractivity (Wildman–Crippen MR) is 60.4 cm³/mol. The first kappa shape index (κ1) is 10.9. The van der Waals surface area contributed by atoms with Crippen LogP contribution in [0.1, 0.15) is 19.5 Å². The molecule has 1 aromatic rings. The number of nitriles is 1. The van der Waals surface area contributed by atoms with Crippen LogP contribution in [0.4, 0.5) is 0 Å². The van der Waals surface area contributed by atoms with Gasteiger partial charge in [0.1, 0.15) is 4.60 Å². The van der Waals surface area contributed by atoms with Gasteiger partial charge in [0.15, 0.2) is 0 Å². The Kier molecular flexibility index (Phi) is 3.84. The number of hydrogen-bond donors (Lipinski definition) is 0. The second-order valence-corrected chi connectivity index (χ2v) is 4.06. The lowest BCUT2D eigenvalue weighted by atomic mass is 10.0. The molecule has 0 fully saturated rings. The maximum Gasteiger partial charge on any atom is 0.106 e. The molecule has 0 aromatic carbocycles. The smallest absolute Gasteiger partial charge is 0.106 e. The molecule has 1 rings (SSSR count). The van der Waals surface area contributed by atoms with Gasteiger partial charge < -0.3 is 0 Å². The Labute approximate surface area is 92.4 Å². The summed E-state index contributed by atoms with van der Waals surface area (Å²) < 4.78 is 0.785. The number of allylic oxidation sites excluding steroid dienone is 1. The fraction of sp³-hybridized carbons (Fsp3) is 0.273. The molecule has 72 valence electrons. The average molecular weight is 251 g/mol. The number of pyridine rings is 1. The van der Waals surface area contributed by atoms with Gasteiger partial charge in [-0.15, -0.1) is 0 Å². The SMILES string of the molecule is CC(C)/C(C#N)=C/c1cccc(Br)n1. The van der Waals surface area contributed by atoms with Crippen molar-refractivity contribution < 1.29 is 0 Å². The van der Waals surface area contributed by atoms with Crippen molar-refractivity contribution in [1.29, 1.82) is 5.26 Å². The molecule has 14 heavy (non-hydrogen) atoms. The summed E-state index contributed by atoms with van der Waals surface area (Å²) in [5.41, 5.74) is 1.56. The van der Waals surface area contributed by atoms with E-state index in [4.69, 9.17) is 5.26 Å². The first-order valence-corrected chi connectivity index (χ1v) is 5.17. The fourth-order valence-electron chi connectivity index (χ4n) is 0.992. The molecule has 1 aromatic heterocycles. The predicted octanol–water partition coefficient (Wildman–Crippen LogP) is 3.41. The van der Waals surface area contributed by atoms with Crippen LogP contribution in [0, 0.1) is 17.2 Å². The third-order valence-electron chi connectivity index (χ3n) is 1.79. The lowest BCUT2D eigenvalue weighted by molar-refractivity contribution is 0.800. The summed E-state index contributed by atoms with van der Waals surface area (Å²) in [6.45, 7) is 3.99. The van der Waals surface area contributed by atoms with Crippen LogP contribution in [0.2, 0.25) is 0 Å². The van der Waals surface area contributed by atoms with Gasteiger partial charge in [0.05, 0.1) is 11.8 Å². The second kappa shape index (κ2) is 4.92. The molecule has 0 saturated carbocycles. The Morgan fingerprint density at radius 3 is 2.79 bits per heavy atom. The molecular formula is C11H11BrN2. The minimum absolute atomic E-state index is 0.237. The van der Waals surface area contributed by atoms with E-state index in [9.17, 15) is 0 Å². The Morgan fingerprint density at radius 2 is 2.29 bits per heavy atom. The van der Waals surface area contributed by atoms with Gasteiger partial charge in [0.25, 0.3) is 0 Å². The minimum atomic E-state index is 0.237. The van der Waals surface area contributed by atoms with Crippen molar-refractivity contribution in [2.24, 2.45) is 5.92 Å². The molecule has 2 nitrogen and oxygen atoms in total. The molecule has 0 unspecified atom stereocenters. The molecule has 0 aliphatic heterocycles. The highest BCUT2D eigenvalue weighted by molar-refractivity contribution is 9.10. The van der Waals surface area contributed by atoms with E-state index in [0.29, 0.717) is 0 Å². The number of aromatic nitrogens is 1. The molecule has 1 heterocycles. The van der Waals surface area contributed by atoms with E-state index in [0.717, 1.165) is 15.9 Å². The van der Waals surface area contributed by atoms with Crippen LogP contribution in [0.5, 0.6) is 0 Å². The summed E-state index contributed by atoms with van der Waals surface area (Å²) in [6, 6.07) is 7.82. The normalized spacial score (nSPS) is 11.5. The zero-order valence-electron chi connectivity index (χ0n) is 8.16. The van der Waals surface area contributed by atoms with Crippen LogP contribution in [-0.2, 0) is 0 Å². The summed E-state index contributed by atoms with van der Waals surface area (Å²) in [7, 11) is 0. The maximum atomic E-state index is 8.87. The molecule has 0 aliphatic carbocycles. The van der Waals surface area contributed by atoms with Crippen molar-refractivity contribution in [3.8, 4) is 6.07 Å². The van der Waals surface area contributed by atoms with Crippen LogP contribution < -0.4 is 0 Å². The van der Waals surface area contributed by atoms with Crippen molar-refractivity contribution in [3.05, 3.63) is 34.1 Å². The molecular weight excluding hydrogens is 240 g/mol. The zero-order chi connectivity index (χ0) is 10.6. The van der Waals surface area contributed by atoms with E-state index in [1.807, 2.05) is 38.1 Å². The van der Waals surface area contributed by atoms with Crippen LogP contribution in [0.3, 0.4) is 0 Å². The van der Waals surface area contributed by atoms with Crippen LogP contribution >= 0.6 is 15.9 Å². The first-order valence-electron chi connectivity index (χ1n) is 4.37. The molecule has 3 heteroatoms. The van der Waals surface area contributed by atoms with Crippen molar-refractivity contribution >= 4 is 22.0 Å². The second-order valence-electron chi connectivity index (χ2n) is 3.25. The number of rotatable bonds is 2. The van der Waals surface area contributed by atoms with Crippen LogP contribution in [-0.4, -0.2) is 4.98 Å². The standard InChI is InChI=1S/C11H11BrN2/c1-8(2)9(7-13)6-10-4-3-5-11(12)14-10/h3-6,8H,1-2H3/b9-6+. The summed E-state index contributed by atoms with van der Waals surface area (Å²) in [5, 5.41) is 8.87. The highest BCUT2D eigenvalue weighted by atomic mass is 79.9. The van der Waals surface area contributed by atoms with Gasteiger partial charge in [-0.3, -0.25) is 0 Å². The summed E-state index contributed by atoms with van der Waals surface area (Å²) in [5.74, 6) is 0.237. The topological polar surface area (TPSA) is 36.7 Å². The van der Waals surface area contributed by atoms with Crippen LogP contribution in [0.15, 0.2) is 28.4 Å². The molecule has 0 atom stereocenters. The number of nitrogens with zero attached hydrogens (tertiary/aromatic N) is 2. The third-order valence-corrected chi connectivity index (χ3v) is 2.23. The van der Waals surface area contributed by atoms with E-state index in [1.54, 1.807) is 0 Å². The van der Waals surface area contributed by atoms with E-state index in [-0.39, 0.29) is 5.92 Å². The van der Waals surface area contributed by atoms with E-state index in [1.165, 1.54) is 0 Å². The van der Waals surface area contributed by atoms with Crippen LogP contribution in [0.25, 0.3) is 6.08 Å². The van der Waals surface area contributed by atoms with Crippen molar-refractivity contribution in [3.63, 3.8) is 0 Å². The largest absolute Gasteiger partial charge is 0.242 e. The highest BCUT2D eigenvalue weighted by Gasteiger charge is 2.02. The molecule has 0 bridgehead atoms. The molecule has 0 spiro atoms. The van der Waals surface area contributed by atoms with Gasteiger partial charge in [-0.25, -0.2) is 4.98 Å². The Bertz CT molecular complexity index is 389. The summed E-state index contributed by atoms with van der Waals surface area (Å²) >= 11 is 3.29. The first-order chi connectivity index (χ1) is 6.63. The quantitative estimate of drug-likeness (QED) is 0.596. The molecule has 0 saturated heterocycles. The Balaban J connectivity index is 3.02. The summed E-state index contributed by atoms with van der Waals surface area (Å²) in [6.07, 6.45) is 1.81. The Morgan fingerprint density at radius 1 is 1.57 bits per heavy atom. The van der Waals surface area contributed by atoms with Gasteiger partial charge >= 0.3 is 0 Å². The molecule has 0 amide bonds. The zero-order valence-corrected chi connectivity index (χ0v) is 9.75. The highest BCUT2D eigenvalue weighted by Crippen LogP contribution is 2.14. The minimum Gasteiger partial charge on any atom is -0.242 e. The fourth-order valence-corrected chi connectivity index (χ4v) is 1.35. The number of halogens is 1. The van der Waals surface area contributed by atoms with E-state index < -0.39 is 0 Å². The molecule has 0 radical (unpaired) electrons. The van der Waals surface area contributed by atoms with Gasteiger partial charge in [-0.05, 0) is 40.1 Å². The number of hydrogen-bond acceptors (Lipinski definition) is 2. The summed E-state index contributed by atoms with van der Waals surface area (Å²) in [4.78, 5) is 4.23. The lowest BCUT2D eigenvalue weighted by Gasteiger charge is -2.01. The van der Waals surface area contributed by atoms with Crippen molar-refractivity contribution in [2.45, 2.75) is 13.8 Å². The van der Waals surface area contributed by atoms with Gasteiger partial charge in [-0.1, -0.05) is 19.9 Å². The van der Waals surface area contributed by atoms with Gasteiger partial charge in [0, 0.05) is 5.57 Å². The monoisotopic (exact) mass is 250 g/mol. The average Bonchev–Trinajstić information content (AvgIpc) is 2.14. The molecule has 0 aliphatic rings. The Hall–Kier alpha value is -1.14. The van der Waals surface area contributed by atoms with Gasteiger partial charge in [0.2, 0.25) is 0 Å². The van der Waals surface area contributed by atoms with Crippen molar-refractivity contribution in [2.75, 3.05) is 0 Å². The van der Waals surface area contributed by atoms with Crippen molar-refractivity contribution in [1.82, 2.24) is 4.98 Å². The van der Waals surface area contributed by atoms with Gasteiger partial charge in [-0.2, -0.15) is 5.26 Å².